The average Bonchev–Trinajstić information content (AvgIpc) is 3.07. The molecule has 1 aromatic heterocycles. The second-order valence-corrected chi connectivity index (χ2v) is 4.72. The van der Waals surface area contributed by atoms with Gasteiger partial charge in [0.15, 0.2) is 11.6 Å². The summed E-state index contributed by atoms with van der Waals surface area (Å²) in [7, 11) is 0. The summed E-state index contributed by atoms with van der Waals surface area (Å²) < 4.78 is 7.82. The SMILES string of the molecule is c1ccc2c(c1)OCc1nnc(C3CCCN3)n1-2. The molecule has 2 aliphatic rings. The third-order valence-electron chi connectivity index (χ3n) is 3.59. The molecule has 0 amide bonds. The van der Waals surface area contributed by atoms with E-state index in [0.717, 1.165) is 36.1 Å². The fourth-order valence-electron chi connectivity index (χ4n) is 2.72. The van der Waals surface area contributed by atoms with Crippen LogP contribution in [0, 0.1) is 0 Å². The molecule has 0 spiro atoms. The van der Waals surface area contributed by atoms with Gasteiger partial charge in [-0.05, 0) is 31.5 Å². The van der Waals surface area contributed by atoms with Crippen molar-refractivity contribution in [3.63, 3.8) is 0 Å². The van der Waals surface area contributed by atoms with E-state index < -0.39 is 0 Å². The van der Waals surface area contributed by atoms with Crippen molar-refractivity contribution in [1.82, 2.24) is 20.1 Å². The molecule has 2 aromatic rings. The van der Waals surface area contributed by atoms with Crippen LogP contribution in [0.3, 0.4) is 0 Å². The maximum Gasteiger partial charge on any atom is 0.175 e. The molecule has 1 saturated heterocycles. The lowest BCUT2D eigenvalue weighted by Crippen LogP contribution is -2.20. The molecule has 1 atom stereocenters. The van der Waals surface area contributed by atoms with Gasteiger partial charge in [0.05, 0.1) is 11.7 Å². The Bertz CT molecular complexity index is 586. The molecule has 4 rings (SSSR count). The highest BCUT2D eigenvalue weighted by Crippen LogP contribution is 2.33. The Kier molecular flexibility index (Phi) is 2.14. The van der Waals surface area contributed by atoms with E-state index in [9.17, 15) is 0 Å². The molecular formula is C13H14N4O. The van der Waals surface area contributed by atoms with E-state index in [1.165, 1.54) is 6.42 Å². The summed E-state index contributed by atoms with van der Waals surface area (Å²) in [4.78, 5) is 0. The van der Waals surface area contributed by atoms with E-state index in [2.05, 4.69) is 26.1 Å². The first-order chi connectivity index (χ1) is 8.93. The van der Waals surface area contributed by atoms with Crippen LogP contribution in [0.5, 0.6) is 5.75 Å². The zero-order valence-electron chi connectivity index (χ0n) is 9.97. The number of para-hydroxylation sites is 2. The molecular weight excluding hydrogens is 228 g/mol. The average molecular weight is 242 g/mol. The van der Waals surface area contributed by atoms with Crippen LogP contribution in [-0.4, -0.2) is 21.3 Å². The van der Waals surface area contributed by atoms with Crippen molar-refractivity contribution in [3.05, 3.63) is 35.9 Å². The Balaban J connectivity index is 1.88. The molecule has 5 heteroatoms. The van der Waals surface area contributed by atoms with Gasteiger partial charge in [0.25, 0.3) is 0 Å². The number of ether oxygens (including phenoxy) is 1. The number of nitrogens with zero attached hydrogens (tertiary/aromatic N) is 3. The van der Waals surface area contributed by atoms with E-state index in [1.54, 1.807) is 0 Å². The van der Waals surface area contributed by atoms with Crippen molar-refractivity contribution in [2.45, 2.75) is 25.5 Å². The zero-order valence-corrected chi connectivity index (χ0v) is 9.97. The number of fused-ring (bicyclic) bond motifs is 3. The van der Waals surface area contributed by atoms with Crippen molar-refractivity contribution in [3.8, 4) is 11.4 Å². The minimum Gasteiger partial charge on any atom is -0.483 e. The monoisotopic (exact) mass is 242 g/mol. The summed E-state index contributed by atoms with van der Waals surface area (Å²) in [6, 6.07) is 8.37. The van der Waals surface area contributed by atoms with E-state index in [-0.39, 0.29) is 0 Å². The van der Waals surface area contributed by atoms with Crippen molar-refractivity contribution in [2.24, 2.45) is 0 Å². The van der Waals surface area contributed by atoms with Crippen LogP contribution in [-0.2, 0) is 6.61 Å². The van der Waals surface area contributed by atoms with Crippen LogP contribution in [0.4, 0.5) is 0 Å². The van der Waals surface area contributed by atoms with Gasteiger partial charge in [0, 0.05) is 0 Å². The Morgan fingerprint density at radius 3 is 3.11 bits per heavy atom. The maximum absolute atomic E-state index is 5.68. The minimum atomic E-state index is 0.317. The van der Waals surface area contributed by atoms with Crippen molar-refractivity contribution < 1.29 is 4.74 Å². The predicted molar refractivity (Wildman–Crippen MR) is 65.7 cm³/mol. The first-order valence-electron chi connectivity index (χ1n) is 6.33. The molecule has 3 heterocycles. The number of hydrogen-bond acceptors (Lipinski definition) is 4. The molecule has 1 N–H and O–H groups in total. The van der Waals surface area contributed by atoms with Crippen LogP contribution >= 0.6 is 0 Å². The fraction of sp³-hybridized carbons (Fsp3) is 0.385. The van der Waals surface area contributed by atoms with Crippen LogP contribution in [0.2, 0.25) is 0 Å². The zero-order chi connectivity index (χ0) is 11.9. The number of rotatable bonds is 1. The topological polar surface area (TPSA) is 52.0 Å². The van der Waals surface area contributed by atoms with Gasteiger partial charge in [-0.3, -0.25) is 4.57 Å². The standard InChI is InChI=1S/C13H14N4O/c1-2-6-11-10(5-1)17-12(8-18-11)15-16-13(17)9-4-3-7-14-9/h1-2,5-6,9,14H,3-4,7-8H2. The van der Waals surface area contributed by atoms with Gasteiger partial charge in [0.2, 0.25) is 0 Å². The molecule has 0 aliphatic carbocycles. The highest BCUT2D eigenvalue weighted by molar-refractivity contribution is 5.49. The molecule has 0 radical (unpaired) electrons. The maximum atomic E-state index is 5.68. The summed E-state index contributed by atoms with van der Waals surface area (Å²) in [6.45, 7) is 1.56. The highest BCUT2D eigenvalue weighted by Gasteiger charge is 2.28. The Morgan fingerprint density at radius 2 is 2.22 bits per heavy atom. The number of hydrogen-bond donors (Lipinski definition) is 1. The molecule has 0 saturated carbocycles. The molecule has 18 heavy (non-hydrogen) atoms. The van der Waals surface area contributed by atoms with Gasteiger partial charge < -0.3 is 10.1 Å². The normalized spacial score (nSPS) is 21.2. The molecule has 1 fully saturated rings. The van der Waals surface area contributed by atoms with Crippen LogP contribution in [0.1, 0.15) is 30.5 Å². The second kappa shape index (κ2) is 3.81. The lowest BCUT2D eigenvalue weighted by Gasteiger charge is -2.21. The summed E-state index contributed by atoms with van der Waals surface area (Å²) in [5.41, 5.74) is 1.05. The van der Waals surface area contributed by atoms with Gasteiger partial charge in [-0.15, -0.1) is 10.2 Å². The summed E-state index contributed by atoms with van der Waals surface area (Å²) >= 11 is 0. The Labute approximate surface area is 105 Å². The molecule has 92 valence electrons. The smallest absolute Gasteiger partial charge is 0.175 e. The van der Waals surface area contributed by atoms with E-state index in [0.29, 0.717) is 12.6 Å². The molecule has 2 aliphatic heterocycles. The first kappa shape index (κ1) is 10.1. The molecule has 0 bridgehead atoms. The highest BCUT2D eigenvalue weighted by atomic mass is 16.5. The minimum absolute atomic E-state index is 0.317. The summed E-state index contributed by atoms with van der Waals surface area (Å²) in [5, 5.41) is 12.1. The third kappa shape index (κ3) is 1.37. The van der Waals surface area contributed by atoms with Crippen molar-refractivity contribution in [1.29, 1.82) is 0 Å². The molecule has 1 unspecified atom stereocenters. The quantitative estimate of drug-likeness (QED) is 0.825. The van der Waals surface area contributed by atoms with Crippen LogP contribution < -0.4 is 10.1 Å². The van der Waals surface area contributed by atoms with E-state index >= 15 is 0 Å². The van der Waals surface area contributed by atoms with Gasteiger partial charge in [-0.25, -0.2) is 0 Å². The second-order valence-electron chi connectivity index (χ2n) is 4.72. The number of benzene rings is 1. The third-order valence-corrected chi connectivity index (χ3v) is 3.59. The molecule has 5 nitrogen and oxygen atoms in total. The van der Waals surface area contributed by atoms with Crippen molar-refractivity contribution >= 4 is 0 Å². The van der Waals surface area contributed by atoms with Gasteiger partial charge in [0.1, 0.15) is 12.4 Å². The number of nitrogens with one attached hydrogen (secondary N) is 1. The van der Waals surface area contributed by atoms with Crippen LogP contribution in [0.15, 0.2) is 24.3 Å². The van der Waals surface area contributed by atoms with E-state index in [4.69, 9.17) is 4.74 Å². The molecule has 1 aromatic carbocycles. The van der Waals surface area contributed by atoms with E-state index in [1.807, 2.05) is 18.2 Å². The van der Waals surface area contributed by atoms with Gasteiger partial charge >= 0.3 is 0 Å². The largest absolute Gasteiger partial charge is 0.483 e. The first-order valence-corrected chi connectivity index (χ1v) is 6.33. The van der Waals surface area contributed by atoms with Gasteiger partial charge in [-0.1, -0.05) is 12.1 Å². The fourth-order valence-corrected chi connectivity index (χ4v) is 2.72. The number of aromatic nitrogens is 3. The van der Waals surface area contributed by atoms with Crippen LogP contribution in [0.25, 0.3) is 5.69 Å². The Hall–Kier alpha value is -1.88. The lowest BCUT2D eigenvalue weighted by atomic mass is 10.2. The van der Waals surface area contributed by atoms with Gasteiger partial charge in [-0.2, -0.15) is 0 Å². The van der Waals surface area contributed by atoms with Crippen molar-refractivity contribution in [2.75, 3.05) is 6.54 Å². The summed E-state index contributed by atoms with van der Waals surface area (Å²) in [6.07, 6.45) is 2.33. The lowest BCUT2D eigenvalue weighted by molar-refractivity contribution is 0.278. The summed E-state index contributed by atoms with van der Waals surface area (Å²) in [5.74, 6) is 2.81. The Morgan fingerprint density at radius 1 is 1.28 bits per heavy atom. The predicted octanol–water partition coefficient (Wildman–Crippen LogP) is 1.58.